The first kappa shape index (κ1) is 27.8. The lowest BCUT2D eigenvalue weighted by Gasteiger charge is -2.41. The largest absolute Gasteiger partial charge is 0.491 e. The Balaban J connectivity index is 1.67. The van der Waals surface area contributed by atoms with Crippen molar-refractivity contribution < 1.29 is 32.5 Å². The molecule has 1 aromatic heterocycles. The van der Waals surface area contributed by atoms with E-state index in [0.29, 0.717) is 37.1 Å². The van der Waals surface area contributed by atoms with Crippen LogP contribution in [0.15, 0.2) is 54.7 Å². The van der Waals surface area contributed by atoms with Crippen LogP contribution < -0.4 is 15.0 Å². The van der Waals surface area contributed by atoms with Gasteiger partial charge in [0.25, 0.3) is 6.43 Å². The molecule has 2 atom stereocenters. The molecule has 0 unspecified atom stereocenters. The van der Waals surface area contributed by atoms with E-state index in [-0.39, 0.29) is 24.3 Å². The number of anilines is 1. The maximum absolute atomic E-state index is 14.3. The number of rotatable bonds is 9. The molecule has 1 saturated heterocycles. The Morgan fingerprint density at radius 1 is 1.11 bits per heavy atom. The highest BCUT2D eigenvalue weighted by Gasteiger charge is 2.45. The summed E-state index contributed by atoms with van der Waals surface area (Å²) in [6.07, 6.45) is -1.83. The second-order valence-corrected chi connectivity index (χ2v) is 9.48. The minimum atomic E-state index is -2.96. The van der Waals surface area contributed by atoms with Gasteiger partial charge in [-0.15, -0.1) is 0 Å². The third kappa shape index (κ3) is 5.92. The summed E-state index contributed by atoms with van der Waals surface area (Å²) in [5, 5.41) is 24.1. The summed E-state index contributed by atoms with van der Waals surface area (Å²) in [6, 6.07) is 13.0. The molecule has 6 nitrogen and oxygen atoms in total. The molecule has 2 aromatic carbocycles. The molecule has 3 aromatic rings. The van der Waals surface area contributed by atoms with E-state index in [4.69, 9.17) is 4.74 Å². The number of aromatic nitrogens is 1. The fourth-order valence-corrected chi connectivity index (χ4v) is 5.01. The zero-order valence-corrected chi connectivity index (χ0v) is 21.0. The number of halogens is 4. The van der Waals surface area contributed by atoms with Crippen LogP contribution in [0.5, 0.6) is 5.75 Å². The molecule has 204 valence electrons. The number of alkyl halides is 2. The van der Waals surface area contributed by atoms with Gasteiger partial charge in [-0.05, 0) is 43.0 Å². The van der Waals surface area contributed by atoms with Gasteiger partial charge in [0.2, 0.25) is 0 Å². The van der Waals surface area contributed by atoms with E-state index >= 15 is 0 Å². The summed E-state index contributed by atoms with van der Waals surface area (Å²) in [4.78, 5) is 6.19. The van der Waals surface area contributed by atoms with Crippen LogP contribution in [0.3, 0.4) is 0 Å². The Morgan fingerprint density at radius 3 is 2.45 bits per heavy atom. The standard InChI is InChI=1S/C28H31F4N3O3/c1-38-25-21(29)11-19(12-22(25)30)23-13-20(16-36)24(15-33-23)35-10-6-5-9-28(17-35,26(37)27(31)32)34-14-18-7-3-2-4-8-18/h2-4,7-8,11-13,15,26-27,34,36-37H,5-6,9-10,14,16-17H2,1H3/t26-,28-/m1/s1. The van der Waals surface area contributed by atoms with Crippen molar-refractivity contribution in [3.05, 3.63) is 77.5 Å². The second-order valence-electron chi connectivity index (χ2n) is 9.48. The molecule has 0 radical (unpaired) electrons. The molecule has 0 aliphatic carbocycles. The van der Waals surface area contributed by atoms with Gasteiger partial charge in [0.1, 0.15) is 6.10 Å². The van der Waals surface area contributed by atoms with Gasteiger partial charge in [0.15, 0.2) is 17.4 Å². The molecule has 1 aliphatic rings. The van der Waals surface area contributed by atoms with Crippen molar-refractivity contribution in [2.45, 2.75) is 50.5 Å². The number of nitrogens with one attached hydrogen (secondary N) is 1. The minimum Gasteiger partial charge on any atom is -0.491 e. The zero-order valence-electron chi connectivity index (χ0n) is 21.0. The summed E-state index contributed by atoms with van der Waals surface area (Å²) in [5.41, 5.74) is 0.870. The van der Waals surface area contributed by atoms with E-state index in [2.05, 4.69) is 10.3 Å². The molecule has 0 amide bonds. The van der Waals surface area contributed by atoms with Gasteiger partial charge < -0.3 is 25.2 Å². The molecule has 10 heteroatoms. The highest BCUT2D eigenvalue weighted by atomic mass is 19.3. The van der Waals surface area contributed by atoms with Crippen LogP contribution in [-0.4, -0.2) is 53.5 Å². The van der Waals surface area contributed by atoms with Crippen LogP contribution in [-0.2, 0) is 13.2 Å². The van der Waals surface area contributed by atoms with Gasteiger partial charge >= 0.3 is 0 Å². The van der Waals surface area contributed by atoms with E-state index < -0.39 is 42.1 Å². The summed E-state index contributed by atoms with van der Waals surface area (Å²) < 4.78 is 61.1. The highest BCUT2D eigenvalue weighted by molar-refractivity contribution is 5.65. The first-order chi connectivity index (χ1) is 18.3. The van der Waals surface area contributed by atoms with Crippen molar-refractivity contribution in [2.24, 2.45) is 0 Å². The quantitative estimate of drug-likeness (QED) is 0.347. The van der Waals surface area contributed by atoms with Gasteiger partial charge in [-0.25, -0.2) is 17.6 Å². The number of aliphatic hydroxyl groups excluding tert-OH is 2. The second kappa shape index (κ2) is 12.1. The van der Waals surface area contributed by atoms with Crippen LogP contribution in [0.2, 0.25) is 0 Å². The van der Waals surface area contributed by atoms with Crippen LogP contribution in [0.1, 0.15) is 30.4 Å². The topological polar surface area (TPSA) is 77.9 Å². The van der Waals surface area contributed by atoms with Crippen LogP contribution in [0.25, 0.3) is 11.3 Å². The van der Waals surface area contributed by atoms with E-state index in [9.17, 15) is 27.8 Å². The lowest BCUT2D eigenvalue weighted by atomic mass is 9.86. The Bertz CT molecular complexity index is 1210. The molecule has 0 saturated carbocycles. The van der Waals surface area contributed by atoms with Crippen molar-refractivity contribution in [3.8, 4) is 17.0 Å². The smallest absolute Gasteiger partial charge is 0.265 e. The van der Waals surface area contributed by atoms with Gasteiger partial charge in [-0.2, -0.15) is 0 Å². The molecule has 2 heterocycles. The molecular weight excluding hydrogens is 502 g/mol. The van der Waals surface area contributed by atoms with Crippen LogP contribution >= 0.6 is 0 Å². The number of benzene rings is 2. The molecule has 0 bridgehead atoms. The Hall–Kier alpha value is -3.21. The summed E-state index contributed by atoms with van der Waals surface area (Å²) in [5.74, 6) is -2.28. The highest BCUT2D eigenvalue weighted by Crippen LogP contribution is 2.34. The van der Waals surface area contributed by atoms with E-state index in [0.717, 1.165) is 17.7 Å². The van der Waals surface area contributed by atoms with Gasteiger partial charge in [-0.1, -0.05) is 30.3 Å². The van der Waals surface area contributed by atoms with E-state index in [1.807, 2.05) is 35.2 Å². The van der Waals surface area contributed by atoms with E-state index in [1.165, 1.54) is 19.4 Å². The summed E-state index contributed by atoms with van der Waals surface area (Å²) >= 11 is 0. The first-order valence-corrected chi connectivity index (χ1v) is 12.4. The average molecular weight is 534 g/mol. The van der Waals surface area contributed by atoms with Gasteiger partial charge in [0, 0.05) is 30.8 Å². The van der Waals surface area contributed by atoms with Crippen LogP contribution in [0.4, 0.5) is 23.2 Å². The van der Waals surface area contributed by atoms with Crippen molar-refractivity contribution in [1.29, 1.82) is 0 Å². The molecular formula is C28H31F4N3O3. The minimum absolute atomic E-state index is 0.0468. The third-order valence-corrected chi connectivity index (χ3v) is 7.04. The first-order valence-electron chi connectivity index (χ1n) is 12.4. The molecule has 3 N–H and O–H groups in total. The predicted octanol–water partition coefficient (Wildman–Crippen LogP) is 4.67. The summed E-state index contributed by atoms with van der Waals surface area (Å²) in [7, 11) is 1.17. The third-order valence-electron chi connectivity index (χ3n) is 7.04. The van der Waals surface area contributed by atoms with Gasteiger partial charge in [-0.3, -0.25) is 4.98 Å². The molecule has 1 aliphatic heterocycles. The Morgan fingerprint density at radius 2 is 1.82 bits per heavy atom. The Kier molecular flexibility index (Phi) is 8.86. The predicted molar refractivity (Wildman–Crippen MR) is 136 cm³/mol. The number of hydrogen-bond donors (Lipinski definition) is 3. The maximum atomic E-state index is 14.3. The fourth-order valence-electron chi connectivity index (χ4n) is 5.01. The van der Waals surface area contributed by atoms with Crippen molar-refractivity contribution >= 4 is 5.69 Å². The zero-order chi connectivity index (χ0) is 27.3. The number of ether oxygens (including phenoxy) is 1. The fraction of sp³-hybridized carbons (Fsp3) is 0.393. The molecule has 0 spiro atoms. The molecule has 38 heavy (non-hydrogen) atoms. The number of methoxy groups -OCH3 is 1. The van der Waals surface area contributed by atoms with Crippen molar-refractivity contribution in [2.75, 3.05) is 25.1 Å². The Labute approximate surface area is 218 Å². The van der Waals surface area contributed by atoms with Crippen molar-refractivity contribution in [3.63, 3.8) is 0 Å². The monoisotopic (exact) mass is 533 g/mol. The summed E-state index contributed by atoms with van der Waals surface area (Å²) in [6.45, 7) is 0.414. The number of aliphatic hydroxyl groups is 2. The maximum Gasteiger partial charge on any atom is 0.265 e. The van der Waals surface area contributed by atoms with Gasteiger partial charge in [0.05, 0.1) is 36.8 Å². The normalized spacial score (nSPS) is 18.9. The van der Waals surface area contributed by atoms with Crippen molar-refractivity contribution in [1.82, 2.24) is 10.3 Å². The molecule has 4 rings (SSSR count). The number of nitrogens with zero attached hydrogens (tertiary/aromatic N) is 2. The number of pyridine rings is 1. The lowest BCUT2D eigenvalue weighted by Crippen LogP contribution is -2.62. The molecule has 1 fully saturated rings. The van der Waals surface area contributed by atoms with Crippen LogP contribution in [0, 0.1) is 11.6 Å². The lowest BCUT2D eigenvalue weighted by molar-refractivity contribution is -0.0615. The average Bonchev–Trinajstić information content (AvgIpc) is 3.15. The number of hydrogen-bond acceptors (Lipinski definition) is 6. The SMILES string of the molecule is COc1c(F)cc(-c2cc(CO)c(N3CCCC[C@](NCc4ccccc4)([C@H](O)C(F)F)C3)cn2)cc1F. The van der Waals surface area contributed by atoms with E-state index in [1.54, 1.807) is 0 Å².